The molecule has 0 radical (unpaired) electrons. The highest BCUT2D eigenvalue weighted by atomic mass is 16.2. The molecule has 2 aliphatic rings. The summed E-state index contributed by atoms with van der Waals surface area (Å²) in [5.41, 5.74) is 3.84. The van der Waals surface area contributed by atoms with Crippen molar-refractivity contribution in [1.82, 2.24) is 30.1 Å². The summed E-state index contributed by atoms with van der Waals surface area (Å²) in [7, 11) is 0. The van der Waals surface area contributed by atoms with Crippen molar-refractivity contribution >= 4 is 5.91 Å². The van der Waals surface area contributed by atoms with Crippen LogP contribution in [0, 0.1) is 0 Å². The van der Waals surface area contributed by atoms with E-state index in [4.69, 9.17) is 0 Å². The molecule has 3 aromatic rings. The zero-order valence-electron chi connectivity index (χ0n) is 15.1. The first-order chi connectivity index (χ1) is 13.3. The van der Waals surface area contributed by atoms with Crippen molar-refractivity contribution in [3.8, 4) is 11.3 Å². The minimum absolute atomic E-state index is 0.0990. The Morgan fingerprint density at radius 2 is 1.81 bits per heavy atom. The van der Waals surface area contributed by atoms with Gasteiger partial charge in [0.2, 0.25) is 0 Å². The molecule has 1 aliphatic heterocycles. The van der Waals surface area contributed by atoms with Crippen LogP contribution in [0.25, 0.3) is 11.3 Å². The van der Waals surface area contributed by atoms with E-state index < -0.39 is 0 Å². The second-order valence-electron chi connectivity index (χ2n) is 7.47. The van der Waals surface area contributed by atoms with Crippen molar-refractivity contribution in [3.05, 3.63) is 54.0 Å². The van der Waals surface area contributed by atoms with Gasteiger partial charge in [0.1, 0.15) is 0 Å². The molecule has 0 spiro atoms. The molecule has 1 amide bonds. The van der Waals surface area contributed by atoms with Gasteiger partial charge in [-0.2, -0.15) is 5.10 Å². The molecule has 138 valence electrons. The number of piperidine rings is 1. The lowest BCUT2D eigenvalue weighted by Crippen LogP contribution is -2.39. The molecule has 0 atom stereocenters. The van der Waals surface area contributed by atoms with Crippen LogP contribution in [0.4, 0.5) is 0 Å². The third kappa shape index (κ3) is 3.25. The summed E-state index contributed by atoms with van der Waals surface area (Å²) in [6.07, 6.45) is 8.15. The molecule has 2 aromatic heterocycles. The van der Waals surface area contributed by atoms with Crippen molar-refractivity contribution in [2.24, 2.45) is 0 Å². The van der Waals surface area contributed by atoms with Crippen LogP contribution in [0.1, 0.15) is 53.7 Å². The molecule has 0 bridgehead atoms. The van der Waals surface area contributed by atoms with E-state index in [1.165, 1.54) is 12.8 Å². The Hall–Kier alpha value is -2.96. The highest BCUT2D eigenvalue weighted by Crippen LogP contribution is 2.39. The molecule has 1 saturated heterocycles. The van der Waals surface area contributed by atoms with Gasteiger partial charge in [-0.05, 0) is 49.4 Å². The summed E-state index contributed by atoms with van der Waals surface area (Å²) in [6, 6.07) is 9.97. The summed E-state index contributed by atoms with van der Waals surface area (Å²) >= 11 is 0. The summed E-state index contributed by atoms with van der Waals surface area (Å²) in [5, 5.41) is 15.5. The largest absolute Gasteiger partial charge is 0.338 e. The monoisotopic (exact) mass is 362 g/mol. The molecule has 3 heterocycles. The highest BCUT2D eigenvalue weighted by Gasteiger charge is 2.29. The lowest BCUT2D eigenvalue weighted by molar-refractivity contribution is 0.0689. The average Bonchev–Trinajstić information content (AvgIpc) is 3.22. The number of aromatic nitrogens is 5. The van der Waals surface area contributed by atoms with Crippen LogP contribution in [0.2, 0.25) is 0 Å². The number of nitrogens with zero attached hydrogens (tertiary/aromatic N) is 5. The summed E-state index contributed by atoms with van der Waals surface area (Å²) in [4.78, 5) is 14.8. The summed E-state index contributed by atoms with van der Waals surface area (Å²) in [6.45, 7) is 1.51. The smallest absolute Gasteiger partial charge is 0.253 e. The number of H-pyrrole nitrogens is 1. The standard InChI is InChI=1S/C20H22N6O/c27-20(16-5-3-14(4-6-16)18-7-10-21-22-18)25-11-8-17(9-12-25)26-13-19(23-24-26)15-1-2-15/h3-7,10,13,15,17H,1-2,8-9,11-12H2,(H,21,22). The Kier molecular flexibility index (Phi) is 3.99. The van der Waals surface area contributed by atoms with Gasteiger partial charge in [0.05, 0.1) is 17.4 Å². The molecular formula is C20H22N6O. The van der Waals surface area contributed by atoms with Crippen molar-refractivity contribution in [1.29, 1.82) is 0 Å². The van der Waals surface area contributed by atoms with E-state index in [1.54, 1.807) is 6.20 Å². The lowest BCUT2D eigenvalue weighted by Gasteiger charge is -2.32. The normalized spacial score (nSPS) is 18.0. The van der Waals surface area contributed by atoms with Crippen molar-refractivity contribution in [2.75, 3.05) is 13.1 Å². The van der Waals surface area contributed by atoms with E-state index in [-0.39, 0.29) is 5.91 Å². The van der Waals surface area contributed by atoms with Gasteiger partial charge in [-0.15, -0.1) is 5.10 Å². The maximum Gasteiger partial charge on any atom is 0.253 e. The quantitative estimate of drug-likeness (QED) is 0.774. The fourth-order valence-corrected chi connectivity index (χ4v) is 3.76. The third-order valence-electron chi connectivity index (χ3n) is 5.59. The van der Waals surface area contributed by atoms with Crippen molar-refractivity contribution in [3.63, 3.8) is 0 Å². The van der Waals surface area contributed by atoms with Crippen LogP contribution in [-0.4, -0.2) is 49.1 Å². The SMILES string of the molecule is O=C(c1ccc(-c2ccn[nH]2)cc1)N1CCC(n2cc(C3CC3)nn2)CC1. The lowest BCUT2D eigenvalue weighted by atomic mass is 10.0. The molecule has 7 heteroatoms. The average molecular weight is 362 g/mol. The molecular weight excluding hydrogens is 340 g/mol. The predicted octanol–water partition coefficient (Wildman–Crippen LogP) is 3.02. The molecule has 1 saturated carbocycles. The zero-order valence-corrected chi connectivity index (χ0v) is 15.1. The van der Waals surface area contributed by atoms with Gasteiger partial charge >= 0.3 is 0 Å². The first-order valence-electron chi connectivity index (χ1n) is 9.59. The highest BCUT2D eigenvalue weighted by molar-refractivity contribution is 5.94. The first kappa shape index (κ1) is 16.2. The molecule has 1 aromatic carbocycles. The topological polar surface area (TPSA) is 79.7 Å². The Morgan fingerprint density at radius 3 is 2.48 bits per heavy atom. The zero-order chi connectivity index (χ0) is 18.2. The van der Waals surface area contributed by atoms with Gasteiger partial charge in [-0.25, -0.2) is 4.68 Å². The Morgan fingerprint density at radius 1 is 1.04 bits per heavy atom. The number of aromatic amines is 1. The summed E-state index contributed by atoms with van der Waals surface area (Å²) < 4.78 is 2.01. The van der Waals surface area contributed by atoms with E-state index in [2.05, 4.69) is 26.7 Å². The Labute approximate surface area is 157 Å². The second-order valence-corrected chi connectivity index (χ2v) is 7.47. The van der Waals surface area contributed by atoms with E-state index >= 15 is 0 Å². The number of hydrogen-bond acceptors (Lipinski definition) is 4. The van der Waals surface area contributed by atoms with Crippen molar-refractivity contribution in [2.45, 2.75) is 37.6 Å². The number of benzene rings is 1. The summed E-state index contributed by atoms with van der Waals surface area (Å²) in [5.74, 6) is 0.729. The van der Waals surface area contributed by atoms with Gasteiger partial charge in [0.25, 0.3) is 5.91 Å². The molecule has 27 heavy (non-hydrogen) atoms. The van der Waals surface area contributed by atoms with E-state index in [9.17, 15) is 4.79 Å². The number of likely N-dealkylation sites (tertiary alicyclic amines) is 1. The van der Waals surface area contributed by atoms with Gasteiger partial charge in [-0.3, -0.25) is 9.89 Å². The fraction of sp³-hybridized carbons (Fsp3) is 0.400. The van der Waals surface area contributed by atoms with Crippen LogP contribution < -0.4 is 0 Å². The van der Waals surface area contributed by atoms with Crippen LogP contribution in [0.15, 0.2) is 42.7 Å². The van der Waals surface area contributed by atoms with Crippen molar-refractivity contribution < 1.29 is 4.79 Å². The molecule has 2 fully saturated rings. The minimum atomic E-state index is 0.0990. The maximum atomic E-state index is 12.8. The number of hydrogen-bond donors (Lipinski definition) is 1. The second kappa shape index (κ2) is 6.64. The number of carbonyl (C=O) groups excluding carboxylic acids is 1. The molecule has 0 unspecified atom stereocenters. The number of nitrogens with one attached hydrogen (secondary N) is 1. The number of amides is 1. The van der Waals surface area contributed by atoms with Crippen LogP contribution in [0.5, 0.6) is 0 Å². The maximum absolute atomic E-state index is 12.8. The van der Waals surface area contributed by atoms with Crippen LogP contribution in [0.3, 0.4) is 0 Å². The molecule has 7 nitrogen and oxygen atoms in total. The Bertz CT molecular complexity index is 918. The molecule has 1 N–H and O–H groups in total. The number of carbonyl (C=O) groups is 1. The molecule has 5 rings (SSSR count). The van der Waals surface area contributed by atoms with Gasteiger partial charge in [-0.1, -0.05) is 17.3 Å². The van der Waals surface area contributed by atoms with Crippen LogP contribution in [-0.2, 0) is 0 Å². The van der Waals surface area contributed by atoms with E-state index in [0.717, 1.165) is 48.4 Å². The first-order valence-corrected chi connectivity index (χ1v) is 9.59. The Balaban J connectivity index is 1.21. The van der Waals surface area contributed by atoms with Gasteiger partial charge in [0, 0.05) is 37.0 Å². The minimum Gasteiger partial charge on any atom is -0.338 e. The van der Waals surface area contributed by atoms with Crippen LogP contribution >= 0.6 is 0 Å². The number of rotatable bonds is 4. The molecule has 1 aliphatic carbocycles. The van der Waals surface area contributed by atoms with Gasteiger partial charge in [0.15, 0.2) is 0 Å². The van der Waals surface area contributed by atoms with Gasteiger partial charge < -0.3 is 4.90 Å². The predicted molar refractivity (Wildman–Crippen MR) is 100 cm³/mol. The fourth-order valence-electron chi connectivity index (χ4n) is 3.76. The van der Waals surface area contributed by atoms with E-state index in [0.29, 0.717) is 12.0 Å². The third-order valence-corrected chi connectivity index (χ3v) is 5.59. The van der Waals surface area contributed by atoms with E-state index in [1.807, 2.05) is 39.9 Å².